The molecule has 1 heterocycles. The molecule has 0 bridgehead atoms. The number of nitrogens with one attached hydrogen (secondary N) is 1. The second kappa shape index (κ2) is 4.86. The van der Waals surface area contributed by atoms with E-state index in [1.54, 1.807) is 12.1 Å². The van der Waals surface area contributed by atoms with Gasteiger partial charge in [-0.15, -0.1) is 0 Å². The maximum Gasteiger partial charge on any atom is 0.238 e. The highest BCUT2D eigenvalue weighted by atomic mass is 32.2. The minimum absolute atomic E-state index is 0.0901. The second-order valence-corrected chi connectivity index (χ2v) is 6.77. The van der Waals surface area contributed by atoms with Gasteiger partial charge in [0, 0.05) is 5.69 Å². The van der Waals surface area contributed by atoms with Crippen LogP contribution in [0.2, 0.25) is 0 Å². The number of rotatable bonds is 3. The molecule has 7 heteroatoms. The first-order valence-corrected chi connectivity index (χ1v) is 8.14. The number of hydrogen-bond donors (Lipinski definition) is 2. The van der Waals surface area contributed by atoms with E-state index in [2.05, 4.69) is 10.3 Å². The predicted molar refractivity (Wildman–Crippen MR) is 80.7 cm³/mol. The summed E-state index contributed by atoms with van der Waals surface area (Å²) in [6, 6.07) is 14.1. The van der Waals surface area contributed by atoms with Gasteiger partial charge in [0.05, 0.1) is 15.1 Å². The molecule has 0 atom stereocenters. The highest BCUT2D eigenvalue weighted by Crippen LogP contribution is 2.28. The van der Waals surface area contributed by atoms with Crippen LogP contribution in [-0.2, 0) is 10.0 Å². The number of nitrogens with zero attached hydrogens (tertiary/aromatic N) is 1. The lowest BCUT2D eigenvalue weighted by molar-refractivity contribution is 0.598. The first kappa shape index (κ1) is 13.0. The third-order valence-corrected chi connectivity index (χ3v) is 4.61. The van der Waals surface area contributed by atoms with Crippen molar-refractivity contribution in [3.8, 4) is 0 Å². The van der Waals surface area contributed by atoms with Crippen molar-refractivity contribution in [3.05, 3.63) is 48.5 Å². The van der Waals surface area contributed by atoms with Gasteiger partial charge in [-0.25, -0.2) is 18.5 Å². The maximum absolute atomic E-state index is 11.2. The average Bonchev–Trinajstić information content (AvgIpc) is 2.80. The van der Waals surface area contributed by atoms with Crippen molar-refractivity contribution in [3.63, 3.8) is 0 Å². The summed E-state index contributed by atoms with van der Waals surface area (Å²) in [6.07, 6.45) is 0. The molecule has 3 N–H and O–H groups in total. The molecule has 0 amide bonds. The molecule has 0 aliphatic heterocycles. The van der Waals surface area contributed by atoms with Crippen LogP contribution < -0.4 is 10.5 Å². The van der Waals surface area contributed by atoms with Crippen molar-refractivity contribution in [2.75, 3.05) is 5.32 Å². The van der Waals surface area contributed by atoms with E-state index in [4.69, 9.17) is 5.14 Å². The number of anilines is 2. The fourth-order valence-corrected chi connectivity index (χ4v) is 3.18. The van der Waals surface area contributed by atoms with Crippen molar-refractivity contribution in [1.29, 1.82) is 0 Å². The molecule has 2 aromatic carbocycles. The van der Waals surface area contributed by atoms with Crippen LogP contribution in [0, 0.1) is 0 Å². The van der Waals surface area contributed by atoms with Gasteiger partial charge in [0.1, 0.15) is 0 Å². The van der Waals surface area contributed by atoms with Crippen molar-refractivity contribution < 1.29 is 8.42 Å². The van der Waals surface area contributed by atoms with Crippen LogP contribution in [-0.4, -0.2) is 13.4 Å². The highest BCUT2D eigenvalue weighted by molar-refractivity contribution is 7.89. The van der Waals surface area contributed by atoms with Gasteiger partial charge in [0.15, 0.2) is 5.13 Å². The van der Waals surface area contributed by atoms with Crippen LogP contribution in [0.15, 0.2) is 53.4 Å². The second-order valence-electron chi connectivity index (χ2n) is 4.18. The SMILES string of the molecule is NS(=O)(=O)c1ccc(Nc2nc3ccccc3s2)cc1. The van der Waals surface area contributed by atoms with Crippen molar-refractivity contribution >= 4 is 42.4 Å². The molecule has 0 saturated carbocycles. The van der Waals surface area contributed by atoms with Gasteiger partial charge in [-0.1, -0.05) is 23.5 Å². The Morgan fingerprint density at radius 2 is 1.75 bits per heavy atom. The summed E-state index contributed by atoms with van der Waals surface area (Å²) in [7, 11) is -3.65. The Balaban J connectivity index is 1.87. The zero-order chi connectivity index (χ0) is 14.2. The molecule has 0 aliphatic carbocycles. The van der Waals surface area contributed by atoms with Gasteiger partial charge in [0.25, 0.3) is 0 Å². The lowest BCUT2D eigenvalue weighted by Crippen LogP contribution is -2.11. The molecule has 20 heavy (non-hydrogen) atoms. The number of thiazole rings is 1. The Morgan fingerprint density at radius 1 is 1.05 bits per heavy atom. The molecule has 0 unspecified atom stereocenters. The summed E-state index contributed by atoms with van der Waals surface area (Å²) in [6.45, 7) is 0. The highest BCUT2D eigenvalue weighted by Gasteiger charge is 2.07. The maximum atomic E-state index is 11.2. The van der Waals surface area contributed by atoms with Gasteiger partial charge in [0.2, 0.25) is 10.0 Å². The largest absolute Gasteiger partial charge is 0.332 e. The van der Waals surface area contributed by atoms with E-state index in [1.807, 2.05) is 24.3 Å². The molecule has 0 spiro atoms. The molecule has 1 aromatic heterocycles. The Labute approximate surface area is 120 Å². The number of sulfonamides is 1. The molecule has 5 nitrogen and oxygen atoms in total. The zero-order valence-corrected chi connectivity index (χ0v) is 11.9. The smallest absolute Gasteiger partial charge is 0.238 e. The third-order valence-electron chi connectivity index (χ3n) is 2.73. The topological polar surface area (TPSA) is 85.1 Å². The summed E-state index contributed by atoms with van der Waals surface area (Å²) in [5.41, 5.74) is 1.69. The third kappa shape index (κ3) is 2.64. The molecule has 102 valence electrons. The lowest BCUT2D eigenvalue weighted by atomic mass is 10.3. The summed E-state index contributed by atoms with van der Waals surface area (Å²) >= 11 is 1.54. The van der Waals surface area contributed by atoms with Gasteiger partial charge in [-0.3, -0.25) is 0 Å². The monoisotopic (exact) mass is 305 g/mol. The van der Waals surface area contributed by atoms with Crippen LogP contribution in [0.25, 0.3) is 10.2 Å². The molecular weight excluding hydrogens is 294 g/mol. The Bertz CT molecular complexity index is 822. The standard InChI is InChI=1S/C13H11N3O2S2/c14-20(17,18)10-7-5-9(6-8-10)15-13-16-11-3-1-2-4-12(11)19-13/h1-8H,(H,15,16)(H2,14,17,18). The molecule has 0 aliphatic rings. The van der Waals surface area contributed by atoms with Gasteiger partial charge in [-0.2, -0.15) is 0 Å². The van der Waals surface area contributed by atoms with E-state index in [-0.39, 0.29) is 4.90 Å². The van der Waals surface area contributed by atoms with Gasteiger partial charge < -0.3 is 5.32 Å². The van der Waals surface area contributed by atoms with Crippen molar-refractivity contribution in [2.24, 2.45) is 5.14 Å². The first-order chi connectivity index (χ1) is 9.52. The molecule has 0 fully saturated rings. The van der Waals surface area contributed by atoms with Crippen LogP contribution in [0.5, 0.6) is 0 Å². The fourth-order valence-electron chi connectivity index (χ4n) is 1.78. The van der Waals surface area contributed by atoms with Gasteiger partial charge in [-0.05, 0) is 36.4 Å². The summed E-state index contributed by atoms with van der Waals surface area (Å²) in [5, 5.41) is 8.95. The lowest BCUT2D eigenvalue weighted by Gasteiger charge is -2.03. The predicted octanol–water partition coefficient (Wildman–Crippen LogP) is 2.69. The number of nitrogens with two attached hydrogens (primary N) is 1. The Morgan fingerprint density at radius 3 is 2.40 bits per heavy atom. The van der Waals surface area contributed by atoms with Crippen LogP contribution >= 0.6 is 11.3 Å². The van der Waals surface area contributed by atoms with E-state index in [9.17, 15) is 8.42 Å². The number of primary sulfonamides is 1. The first-order valence-electron chi connectivity index (χ1n) is 5.78. The Hall–Kier alpha value is -1.96. The number of aromatic nitrogens is 1. The molecule has 3 aromatic rings. The number of hydrogen-bond acceptors (Lipinski definition) is 5. The minimum atomic E-state index is -3.65. The van der Waals surface area contributed by atoms with Crippen LogP contribution in [0.1, 0.15) is 0 Å². The average molecular weight is 305 g/mol. The normalized spacial score (nSPS) is 11.7. The van der Waals surface area contributed by atoms with E-state index in [1.165, 1.54) is 23.5 Å². The molecule has 0 radical (unpaired) electrons. The summed E-state index contributed by atoms with van der Waals surface area (Å²) < 4.78 is 23.4. The molecule has 0 saturated heterocycles. The van der Waals surface area contributed by atoms with E-state index in [0.717, 1.165) is 21.0 Å². The van der Waals surface area contributed by atoms with E-state index in [0.29, 0.717) is 0 Å². The quantitative estimate of drug-likeness (QED) is 0.779. The van der Waals surface area contributed by atoms with Crippen LogP contribution in [0.4, 0.5) is 10.8 Å². The van der Waals surface area contributed by atoms with Crippen molar-refractivity contribution in [1.82, 2.24) is 4.98 Å². The van der Waals surface area contributed by atoms with E-state index >= 15 is 0 Å². The van der Waals surface area contributed by atoms with Crippen LogP contribution in [0.3, 0.4) is 0 Å². The molecule has 3 rings (SSSR count). The number of fused-ring (bicyclic) bond motifs is 1. The number of benzene rings is 2. The summed E-state index contributed by atoms with van der Waals surface area (Å²) in [4.78, 5) is 4.53. The number of para-hydroxylation sites is 1. The summed E-state index contributed by atoms with van der Waals surface area (Å²) in [5.74, 6) is 0. The van der Waals surface area contributed by atoms with Gasteiger partial charge >= 0.3 is 0 Å². The fraction of sp³-hybridized carbons (Fsp3) is 0. The minimum Gasteiger partial charge on any atom is -0.332 e. The molecular formula is C13H11N3O2S2. The Kier molecular flexibility index (Phi) is 3.17. The zero-order valence-electron chi connectivity index (χ0n) is 10.3. The van der Waals surface area contributed by atoms with Crippen molar-refractivity contribution in [2.45, 2.75) is 4.90 Å². The van der Waals surface area contributed by atoms with E-state index < -0.39 is 10.0 Å².